The Hall–Kier alpha value is -2.44. The number of benzene rings is 1. The topological polar surface area (TPSA) is 66.7 Å². The molecule has 0 unspecified atom stereocenters. The first-order valence-corrected chi connectivity index (χ1v) is 9.00. The predicted octanol–water partition coefficient (Wildman–Crippen LogP) is 1.28. The molecule has 1 aromatic carbocycles. The highest BCUT2D eigenvalue weighted by Crippen LogP contribution is 2.17. The Labute approximate surface area is 157 Å². The number of rotatable bonds is 5. The molecule has 3 rings (SSSR count). The summed E-state index contributed by atoms with van der Waals surface area (Å²) in [6, 6.07) is 11.2. The van der Waals surface area contributed by atoms with E-state index < -0.39 is 0 Å². The molecule has 0 saturated carbocycles. The van der Waals surface area contributed by atoms with Gasteiger partial charge in [0.1, 0.15) is 0 Å². The zero-order valence-electron chi connectivity index (χ0n) is 14.7. The van der Waals surface area contributed by atoms with Gasteiger partial charge in [0.05, 0.1) is 31.9 Å². The van der Waals surface area contributed by atoms with Crippen molar-refractivity contribution in [2.45, 2.75) is 6.92 Å². The third-order valence-electron chi connectivity index (χ3n) is 4.55. The smallest absolute Gasteiger partial charge is 0.279 e. The van der Waals surface area contributed by atoms with Gasteiger partial charge in [0.25, 0.3) is 5.91 Å². The summed E-state index contributed by atoms with van der Waals surface area (Å²) in [6.07, 6.45) is 1.59. The van der Waals surface area contributed by atoms with Crippen molar-refractivity contribution < 1.29 is 14.5 Å². The summed E-state index contributed by atoms with van der Waals surface area (Å²) < 4.78 is 0. The number of pyridine rings is 1. The maximum atomic E-state index is 12.2. The van der Waals surface area contributed by atoms with Crippen molar-refractivity contribution in [1.29, 1.82) is 0 Å². The quantitative estimate of drug-likeness (QED) is 0.612. The minimum atomic E-state index is -0.0610. The van der Waals surface area contributed by atoms with Crippen LogP contribution in [0.1, 0.15) is 17.3 Å². The molecule has 0 aliphatic carbocycles. The van der Waals surface area contributed by atoms with Gasteiger partial charge >= 0.3 is 0 Å². The molecule has 1 saturated heterocycles. The molecule has 136 valence electrons. The lowest BCUT2D eigenvalue weighted by Crippen LogP contribution is -3.15. The number of piperazine rings is 1. The molecule has 2 heterocycles. The fraction of sp³-hybridized carbons (Fsp3) is 0.316. The van der Waals surface area contributed by atoms with E-state index in [9.17, 15) is 9.59 Å². The Kier molecular flexibility index (Phi) is 5.85. The second kappa shape index (κ2) is 8.29. The number of anilines is 2. The summed E-state index contributed by atoms with van der Waals surface area (Å²) in [5, 5.41) is 3.12. The van der Waals surface area contributed by atoms with Gasteiger partial charge in [0.2, 0.25) is 0 Å². The first-order valence-electron chi connectivity index (χ1n) is 8.63. The van der Waals surface area contributed by atoms with Crippen LogP contribution < -0.4 is 15.1 Å². The third-order valence-corrected chi connectivity index (χ3v) is 4.85. The van der Waals surface area contributed by atoms with E-state index in [-0.39, 0.29) is 11.7 Å². The predicted molar refractivity (Wildman–Crippen MR) is 102 cm³/mol. The van der Waals surface area contributed by atoms with Crippen LogP contribution in [0.3, 0.4) is 0 Å². The van der Waals surface area contributed by atoms with Crippen LogP contribution in [0.5, 0.6) is 0 Å². The number of amides is 1. The van der Waals surface area contributed by atoms with E-state index in [2.05, 4.69) is 15.2 Å². The molecule has 1 fully saturated rings. The SMILES string of the molecule is CC(=O)c1ccc(N2CC[NH+](CC(=O)Nc3cccnc3Cl)CC2)cc1. The zero-order valence-corrected chi connectivity index (χ0v) is 15.4. The number of halogens is 1. The number of aromatic nitrogens is 1. The van der Waals surface area contributed by atoms with Crippen molar-refractivity contribution in [3.05, 3.63) is 53.3 Å². The molecule has 0 bridgehead atoms. The van der Waals surface area contributed by atoms with Crippen molar-refractivity contribution in [3.63, 3.8) is 0 Å². The zero-order chi connectivity index (χ0) is 18.5. The molecular weight excluding hydrogens is 352 g/mol. The molecule has 7 heteroatoms. The van der Waals surface area contributed by atoms with Gasteiger partial charge in [-0.05, 0) is 43.3 Å². The Balaban J connectivity index is 1.49. The third kappa shape index (κ3) is 4.59. The fourth-order valence-electron chi connectivity index (χ4n) is 3.07. The van der Waals surface area contributed by atoms with E-state index in [1.165, 1.54) is 4.90 Å². The van der Waals surface area contributed by atoms with Crippen molar-refractivity contribution >= 4 is 34.7 Å². The van der Waals surface area contributed by atoms with Gasteiger partial charge in [0, 0.05) is 17.4 Å². The van der Waals surface area contributed by atoms with E-state index in [0.717, 1.165) is 37.4 Å². The number of hydrogen-bond acceptors (Lipinski definition) is 4. The van der Waals surface area contributed by atoms with Crippen molar-refractivity contribution in [2.24, 2.45) is 0 Å². The van der Waals surface area contributed by atoms with Gasteiger partial charge in [-0.25, -0.2) is 4.98 Å². The van der Waals surface area contributed by atoms with Gasteiger partial charge in [-0.3, -0.25) is 9.59 Å². The lowest BCUT2D eigenvalue weighted by molar-refractivity contribution is -0.892. The summed E-state index contributed by atoms with van der Waals surface area (Å²) in [7, 11) is 0. The number of ketones is 1. The first-order chi connectivity index (χ1) is 12.5. The average molecular weight is 374 g/mol. The van der Waals surface area contributed by atoms with Crippen LogP contribution in [0, 0.1) is 0 Å². The number of nitrogens with one attached hydrogen (secondary N) is 2. The molecule has 26 heavy (non-hydrogen) atoms. The Bertz CT molecular complexity index is 786. The van der Waals surface area contributed by atoms with E-state index in [0.29, 0.717) is 17.4 Å². The summed E-state index contributed by atoms with van der Waals surface area (Å²) in [5.74, 6) is 0.0136. The first kappa shape index (κ1) is 18.4. The average Bonchev–Trinajstić information content (AvgIpc) is 2.64. The number of carbonyl (C=O) groups excluding carboxylic acids is 2. The van der Waals surface area contributed by atoms with E-state index in [4.69, 9.17) is 11.6 Å². The van der Waals surface area contributed by atoms with Crippen LogP contribution in [0.2, 0.25) is 5.15 Å². The molecule has 1 aliphatic heterocycles. The highest BCUT2D eigenvalue weighted by atomic mass is 35.5. The van der Waals surface area contributed by atoms with Gasteiger partial charge in [0.15, 0.2) is 17.5 Å². The number of quaternary nitrogens is 1. The lowest BCUT2D eigenvalue weighted by atomic mass is 10.1. The molecule has 0 atom stereocenters. The van der Waals surface area contributed by atoms with Crippen LogP contribution in [-0.2, 0) is 4.79 Å². The molecular formula is C19H22ClN4O2+. The minimum Gasteiger partial charge on any atom is -0.360 e. The van der Waals surface area contributed by atoms with E-state index in [1.54, 1.807) is 25.3 Å². The second-order valence-corrected chi connectivity index (χ2v) is 6.76. The van der Waals surface area contributed by atoms with Crippen molar-refractivity contribution in [2.75, 3.05) is 42.9 Å². The Morgan fingerprint density at radius 2 is 1.88 bits per heavy atom. The number of carbonyl (C=O) groups is 2. The highest BCUT2D eigenvalue weighted by Gasteiger charge is 2.22. The summed E-state index contributed by atoms with van der Waals surface area (Å²) >= 11 is 5.97. The van der Waals surface area contributed by atoms with Crippen LogP contribution >= 0.6 is 11.6 Å². The molecule has 0 radical (unpaired) electrons. The minimum absolute atomic E-state index is 0.0610. The van der Waals surface area contributed by atoms with Crippen LogP contribution in [0.15, 0.2) is 42.6 Å². The maximum absolute atomic E-state index is 12.2. The van der Waals surface area contributed by atoms with E-state index >= 15 is 0 Å². The van der Waals surface area contributed by atoms with E-state index in [1.807, 2.05) is 24.3 Å². The fourth-order valence-corrected chi connectivity index (χ4v) is 3.23. The largest absolute Gasteiger partial charge is 0.360 e. The lowest BCUT2D eigenvalue weighted by Gasteiger charge is -2.33. The van der Waals surface area contributed by atoms with Crippen LogP contribution in [0.4, 0.5) is 11.4 Å². The molecule has 2 aromatic rings. The maximum Gasteiger partial charge on any atom is 0.279 e. The molecule has 0 spiro atoms. The summed E-state index contributed by atoms with van der Waals surface area (Å²) in [6.45, 7) is 5.47. The van der Waals surface area contributed by atoms with Crippen LogP contribution in [-0.4, -0.2) is 49.4 Å². The summed E-state index contributed by atoms with van der Waals surface area (Å²) in [4.78, 5) is 31.1. The van der Waals surface area contributed by atoms with Gasteiger partial charge in [-0.1, -0.05) is 11.6 Å². The molecule has 6 nitrogen and oxygen atoms in total. The monoisotopic (exact) mass is 373 g/mol. The van der Waals surface area contributed by atoms with Crippen molar-refractivity contribution in [1.82, 2.24) is 4.98 Å². The standard InChI is InChI=1S/C19H21ClN4O2/c1-14(25)15-4-6-16(7-5-15)24-11-9-23(10-12-24)13-18(26)22-17-3-2-8-21-19(17)20/h2-8H,9-13H2,1H3,(H,22,26)/p+1. The van der Waals surface area contributed by atoms with Crippen LogP contribution in [0.25, 0.3) is 0 Å². The van der Waals surface area contributed by atoms with Gasteiger partial charge in [-0.2, -0.15) is 0 Å². The molecule has 1 aromatic heterocycles. The van der Waals surface area contributed by atoms with Crippen molar-refractivity contribution in [3.8, 4) is 0 Å². The molecule has 2 N–H and O–H groups in total. The highest BCUT2D eigenvalue weighted by molar-refractivity contribution is 6.32. The Morgan fingerprint density at radius 1 is 1.19 bits per heavy atom. The van der Waals surface area contributed by atoms with Gasteiger partial charge < -0.3 is 15.1 Å². The second-order valence-electron chi connectivity index (χ2n) is 6.41. The molecule has 1 amide bonds. The van der Waals surface area contributed by atoms with Gasteiger partial charge in [-0.15, -0.1) is 0 Å². The molecule has 1 aliphatic rings. The summed E-state index contributed by atoms with van der Waals surface area (Å²) in [5.41, 5.74) is 2.38. The number of Topliss-reactive ketones (excluding diaryl/α,β-unsaturated/α-hetero) is 1. The number of nitrogens with zero attached hydrogens (tertiary/aromatic N) is 2. The number of hydrogen-bond donors (Lipinski definition) is 2. The normalized spacial score (nSPS) is 14.9. The Morgan fingerprint density at radius 3 is 2.50 bits per heavy atom.